The van der Waals surface area contributed by atoms with Crippen LogP contribution >= 0.6 is 0 Å². The lowest BCUT2D eigenvalue weighted by molar-refractivity contribution is 0.0957. The second-order valence-electron chi connectivity index (χ2n) is 5.09. The van der Waals surface area contributed by atoms with E-state index in [1.807, 2.05) is 0 Å². The molecule has 2 aromatic carbocycles. The Bertz CT molecular complexity index is 925. The number of hydrogen-bond acceptors (Lipinski definition) is 4. The van der Waals surface area contributed by atoms with Gasteiger partial charge in [0.1, 0.15) is 5.82 Å². The summed E-state index contributed by atoms with van der Waals surface area (Å²) in [5, 5.41) is 12.6. The first-order chi connectivity index (χ1) is 12.1. The molecule has 0 saturated carbocycles. The minimum Gasteiger partial charge on any atom is -0.355 e. The highest BCUT2D eigenvalue weighted by Gasteiger charge is 2.15. The number of amides is 2. The lowest BCUT2D eigenvalue weighted by Crippen LogP contribution is -2.20. The average Bonchev–Trinajstić information content (AvgIpc) is 3.17. The molecule has 0 fully saturated rings. The van der Waals surface area contributed by atoms with Crippen LogP contribution in [0.4, 0.5) is 10.1 Å². The molecule has 25 heavy (non-hydrogen) atoms. The normalized spacial score (nSPS) is 10.3. The third-order valence-corrected chi connectivity index (χ3v) is 3.51. The van der Waals surface area contributed by atoms with Crippen molar-refractivity contribution in [1.82, 2.24) is 20.3 Å². The van der Waals surface area contributed by atoms with Gasteiger partial charge in [0.05, 0.1) is 29.2 Å². The zero-order valence-corrected chi connectivity index (χ0v) is 13.2. The monoisotopic (exact) mass is 339 g/mol. The van der Waals surface area contributed by atoms with Crippen molar-refractivity contribution in [3.63, 3.8) is 0 Å². The first-order valence-corrected chi connectivity index (χ1v) is 7.39. The number of para-hydroxylation sites is 1. The van der Waals surface area contributed by atoms with Crippen molar-refractivity contribution in [3.05, 3.63) is 71.8 Å². The second-order valence-corrected chi connectivity index (χ2v) is 5.09. The van der Waals surface area contributed by atoms with E-state index in [4.69, 9.17) is 0 Å². The van der Waals surface area contributed by atoms with E-state index < -0.39 is 17.6 Å². The lowest BCUT2D eigenvalue weighted by Gasteiger charge is -2.11. The Morgan fingerprint density at radius 1 is 1.08 bits per heavy atom. The van der Waals surface area contributed by atoms with Crippen molar-refractivity contribution in [2.45, 2.75) is 0 Å². The Kier molecular flexibility index (Phi) is 4.51. The molecule has 2 N–H and O–H groups in total. The van der Waals surface area contributed by atoms with Crippen LogP contribution in [-0.4, -0.2) is 33.9 Å². The second kappa shape index (κ2) is 6.91. The minimum atomic E-state index is -0.666. The molecule has 126 valence electrons. The summed E-state index contributed by atoms with van der Waals surface area (Å²) < 4.78 is 15.2. The van der Waals surface area contributed by atoms with Gasteiger partial charge in [-0.15, -0.1) is 5.10 Å². The van der Waals surface area contributed by atoms with Gasteiger partial charge < -0.3 is 10.6 Å². The fourth-order valence-electron chi connectivity index (χ4n) is 2.31. The van der Waals surface area contributed by atoms with Gasteiger partial charge in [0.25, 0.3) is 11.8 Å². The molecule has 0 unspecified atom stereocenters. The largest absolute Gasteiger partial charge is 0.355 e. The summed E-state index contributed by atoms with van der Waals surface area (Å²) in [6.07, 6.45) is 3.12. The minimum absolute atomic E-state index is 0.148. The first kappa shape index (κ1) is 16.3. The summed E-state index contributed by atoms with van der Waals surface area (Å²) in [5.41, 5.74) is 1.06. The number of hydrogen-bond donors (Lipinski definition) is 2. The van der Waals surface area contributed by atoms with E-state index in [1.165, 1.54) is 30.1 Å². The van der Waals surface area contributed by atoms with Crippen molar-refractivity contribution < 1.29 is 14.0 Å². The fraction of sp³-hybridized carbons (Fsp3) is 0.0588. The molecule has 2 amide bonds. The van der Waals surface area contributed by atoms with Crippen molar-refractivity contribution in [2.75, 3.05) is 12.4 Å². The maximum Gasteiger partial charge on any atom is 0.257 e. The zero-order valence-electron chi connectivity index (χ0n) is 13.2. The number of aromatic nitrogens is 3. The van der Waals surface area contributed by atoms with Gasteiger partial charge in [-0.1, -0.05) is 17.3 Å². The molecule has 0 aliphatic rings. The SMILES string of the molecule is CNC(=O)c1cc(NC(=O)c2ccccc2-n2ccnn2)ccc1F. The molecule has 8 heteroatoms. The first-order valence-electron chi connectivity index (χ1n) is 7.39. The number of nitrogens with one attached hydrogen (secondary N) is 2. The van der Waals surface area contributed by atoms with E-state index in [9.17, 15) is 14.0 Å². The molecule has 3 aromatic rings. The highest BCUT2D eigenvalue weighted by Crippen LogP contribution is 2.18. The van der Waals surface area contributed by atoms with E-state index in [-0.39, 0.29) is 5.56 Å². The molecule has 1 heterocycles. The molecular weight excluding hydrogens is 325 g/mol. The molecule has 0 spiro atoms. The van der Waals surface area contributed by atoms with Gasteiger partial charge >= 0.3 is 0 Å². The molecule has 0 bridgehead atoms. The number of halogens is 1. The van der Waals surface area contributed by atoms with Gasteiger partial charge in [0.2, 0.25) is 0 Å². The molecule has 0 saturated heterocycles. The van der Waals surface area contributed by atoms with Crippen molar-refractivity contribution in [2.24, 2.45) is 0 Å². The standard InChI is InChI=1S/C17H14FN5O2/c1-19-16(24)13-10-11(6-7-14(13)18)21-17(25)12-4-2-3-5-15(12)23-9-8-20-22-23/h2-10H,1H3,(H,19,24)(H,21,25). The van der Waals surface area contributed by atoms with Gasteiger partial charge in [-0.2, -0.15) is 0 Å². The van der Waals surface area contributed by atoms with Crippen LogP contribution in [0.3, 0.4) is 0 Å². The molecular formula is C17H14FN5O2. The number of benzene rings is 2. The third kappa shape index (κ3) is 3.37. The number of rotatable bonds is 4. The summed E-state index contributed by atoms with van der Waals surface area (Å²) in [5.74, 6) is -1.66. The fourth-order valence-corrected chi connectivity index (χ4v) is 2.31. The summed E-state index contributed by atoms with van der Waals surface area (Å²) in [4.78, 5) is 24.3. The number of nitrogens with zero attached hydrogens (tertiary/aromatic N) is 3. The van der Waals surface area contributed by atoms with Crippen molar-refractivity contribution in [3.8, 4) is 5.69 Å². The van der Waals surface area contributed by atoms with Gasteiger partial charge in [0, 0.05) is 12.7 Å². The molecule has 3 rings (SSSR count). The summed E-state index contributed by atoms with van der Waals surface area (Å²) in [6, 6.07) is 10.6. The maximum atomic E-state index is 13.7. The van der Waals surface area contributed by atoms with Crippen molar-refractivity contribution >= 4 is 17.5 Å². The Morgan fingerprint density at radius 3 is 2.60 bits per heavy atom. The Morgan fingerprint density at radius 2 is 1.88 bits per heavy atom. The van der Waals surface area contributed by atoms with E-state index in [2.05, 4.69) is 20.9 Å². The summed E-state index contributed by atoms with van der Waals surface area (Å²) in [7, 11) is 1.40. The number of carbonyl (C=O) groups is 2. The third-order valence-electron chi connectivity index (χ3n) is 3.51. The van der Waals surface area contributed by atoms with Crippen LogP contribution in [0.15, 0.2) is 54.9 Å². The van der Waals surface area contributed by atoms with Crippen LogP contribution in [0, 0.1) is 5.82 Å². The van der Waals surface area contributed by atoms with E-state index >= 15 is 0 Å². The zero-order chi connectivity index (χ0) is 17.8. The Labute approximate surface area is 142 Å². The predicted octanol–water partition coefficient (Wildman–Crippen LogP) is 2.02. The molecule has 7 nitrogen and oxygen atoms in total. The quantitative estimate of drug-likeness (QED) is 0.761. The topological polar surface area (TPSA) is 88.9 Å². The van der Waals surface area contributed by atoms with Crippen LogP contribution in [0.1, 0.15) is 20.7 Å². The Balaban J connectivity index is 1.90. The van der Waals surface area contributed by atoms with E-state index in [0.29, 0.717) is 16.9 Å². The van der Waals surface area contributed by atoms with Crippen LogP contribution in [-0.2, 0) is 0 Å². The highest BCUT2D eigenvalue weighted by atomic mass is 19.1. The summed E-state index contributed by atoms with van der Waals surface area (Å²) in [6.45, 7) is 0. The van der Waals surface area contributed by atoms with Crippen LogP contribution in [0.5, 0.6) is 0 Å². The van der Waals surface area contributed by atoms with E-state index in [1.54, 1.807) is 30.5 Å². The molecule has 1 aromatic heterocycles. The highest BCUT2D eigenvalue weighted by molar-refractivity contribution is 6.07. The average molecular weight is 339 g/mol. The number of carbonyl (C=O) groups excluding carboxylic acids is 2. The predicted molar refractivity (Wildman–Crippen MR) is 89.1 cm³/mol. The maximum absolute atomic E-state index is 13.7. The van der Waals surface area contributed by atoms with Crippen molar-refractivity contribution in [1.29, 1.82) is 0 Å². The van der Waals surface area contributed by atoms with Gasteiger partial charge in [0.15, 0.2) is 0 Å². The lowest BCUT2D eigenvalue weighted by atomic mass is 10.1. The van der Waals surface area contributed by atoms with Gasteiger partial charge in [-0.25, -0.2) is 9.07 Å². The summed E-state index contributed by atoms with van der Waals surface area (Å²) >= 11 is 0. The van der Waals surface area contributed by atoms with Crippen LogP contribution in [0.2, 0.25) is 0 Å². The van der Waals surface area contributed by atoms with Crippen LogP contribution in [0.25, 0.3) is 5.69 Å². The molecule has 0 aliphatic carbocycles. The number of anilines is 1. The van der Waals surface area contributed by atoms with Gasteiger partial charge in [-0.05, 0) is 30.3 Å². The molecule has 0 aliphatic heterocycles. The molecule has 0 atom stereocenters. The van der Waals surface area contributed by atoms with E-state index in [0.717, 1.165) is 6.07 Å². The Hall–Kier alpha value is -3.55. The smallest absolute Gasteiger partial charge is 0.257 e. The van der Waals surface area contributed by atoms with Gasteiger partial charge in [-0.3, -0.25) is 9.59 Å². The van der Waals surface area contributed by atoms with Crippen LogP contribution < -0.4 is 10.6 Å². The molecule has 0 radical (unpaired) electrons.